The standard InChI is InChI=1S/C22H24N6O/c1-15(2)19(21-23-10-11-27(21)3)28-14-26-18(16-8-6-5-7-9-16)20(28)17-12-24-22(29-4)25-13-17/h5-15,19H,1-4H3/t19-/m1/s1. The Balaban J connectivity index is 1.94. The first-order valence-corrected chi connectivity index (χ1v) is 9.56. The van der Waals surface area contributed by atoms with Crippen LogP contribution in [0, 0.1) is 5.92 Å². The summed E-state index contributed by atoms with van der Waals surface area (Å²) in [6.07, 6.45) is 9.25. The van der Waals surface area contributed by atoms with Crippen molar-refractivity contribution in [1.82, 2.24) is 29.1 Å². The maximum absolute atomic E-state index is 5.13. The molecule has 0 bridgehead atoms. The highest BCUT2D eigenvalue weighted by molar-refractivity contribution is 5.78. The summed E-state index contributed by atoms with van der Waals surface area (Å²) in [5, 5.41) is 0. The highest BCUT2D eigenvalue weighted by atomic mass is 16.5. The molecule has 0 saturated heterocycles. The second-order valence-electron chi connectivity index (χ2n) is 7.26. The van der Waals surface area contributed by atoms with E-state index < -0.39 is 0 Å². The zero-order chi connectivity index (χ0) is 20.4. The maximum atomic E-state index is 5.13. The van der Waals surface area contributed by atoms with Gasteiger partial charge in [-0.1, -0.05) is 44.2 Å². The van der Waals surface area contributed by atoms with Gasteiger partial charge in [0.1, 0.15) is 5.82 Å². The molecule has 3 aromatic heterocycles. The molecule has 3 heterocycles. The zero-order valence-corrected chi connectivity index (χ0v) is 17.0. The Hall–Kier alpha value is -3.48. The van der Waals surface area contributed by atoms with E-state index in [-0.39, 0.29) is 6.04 Å². The van der Waals surface area contributed by atoms with Crippen LogP contribution in [0.4, 0.5) is 0 Å². The van der Waals surface area contributed by atoms with Crippen LogP contribution in [0.3, 0.4) is 0 Å². The minimum absolute atomic E-state index is 0.0112. The molecule has 29 heavy (non-hydrogen) atoms. The minimum atomic E-state index is 0.0112. The molecule has 0 aliphatic heterocycles. The molecule has 4 rings (SSSR count). The molecule has 0 saturated carbocycles. The van der Waals surface area contributed by atoms with Crippen molar-refractivity contribution in [3.05, 3.63) is 67.3 Å². The predicted octanol–water partition coefficient (Wildman–Crippen LogP) is 3.99. The van der Waals surface area contributed by atoms with Crippen LogP contribution in [0.15, 0.2) is 61.4 Å². The van der Waals surface area contributed by atoms with Crippen molar-refractivity contribution in [3.63, 3.8) is 0 Å². The molecule has 1 atom stereocenters. The number of ether oxygens (including phenoxy) is 1. The van der Waals surface area contributed by atoms with Crippen LogP contribution < -0.4 is 4.74 Å². The zero-order valence-electron chi connectivity index (χ0n) is 17.0. The molecular formula is C22H24N6O. The van der Waals surface area contributed by atoms with E-state index in [0.29, 0.717) is 11.9 Å². The molecule has 4 aromatic rings. The third kappa shape index (κ3) is 3.51. The molecule has 7 heteroatoms. The summed E-state index contributed by atoms with van der Waals surface area (Å²) in [5.41, 5.74) is 3.77. The summed E-state index contributed by atoms with van der Waals surface area (Å²) in [6, 6.07) is 10.5. The molecular weight excluding hydrogens is 364 g/mol. The van der Waals surface area contributed by atoms with Crippen LogP contribution in [0.5, 0.6) is 6.01 Å². The predicted molar refractivity (Wildman–Crippen MR) is 111 cm³/mol. The first-order chi connectivity index (χ1) is 14.1. The highest BCUT2D eigenvalue weighted by Gasteiger charge is 2.27. The lowest BCUT2D eigenvalue weighted by atomic mass is 10.0. The van der Waals surface area contributed by atoms with E-state index in [2.05, 4.69) is 50.1 Å². The van der Waals surface area contributed by atoms with Crippen LogP contribution in [0.25, 0.3) is 22.5 Å². The molecule has 1 aromatic carbocycles. The number of imidazole rings is 2. The van der Waals surface area contributed by atoms with Crippen LogP contribution in [0.2, 0.25) is 0 Å². The largest absolute Gasteiger partial charge is 0.467 e. The van der Waals surface area contributed by atoms with Crippen molar-refractivity contribution in [1.29, 1.82) is 0 Å². The fourth-order valence-electron chi connectivity index (χ4n) is 3.61. The average Bonchev–Trinajstić information content (AvgIpc) is 3.36. The molecule has 0 radical (unpaired) electrons. The Labute approximate surface area is 170 Å². The highest BCUT2D eigenvalue weighted by Crippen LogP contribution is 2.36. The summed E-state index contributed by atoms with van der Waals surface area (Å²) in [7, 11) is 3.58. The topological polar surface area (TPSA) is 70.7 Å². The Morgan fingerprint density at radius 1 is 0.931 bits per heavy atom. The second kappa shape index (κ2) is 7.87. The SMILES string of the molecule is COc1ncc(-c2c(-c3ccccc3)ncn2[C@@H](c2nccn2C)C(C)C)cn1. The van der Waals surface area contributed by atoms with Gasteiger partial charge < -0.3 is 13.9 Å². The first-order valence-electron chi connectivity index (χ1n) is 9.56. The second-order valence-corrected chi connectivity index (χ2v) is 7.26. The van der Waals surface area contributed by atoms with Gasteiger partial charge in [-0.15, -0.1) is 0 Å². The molecule has 0 fully saturated rings. The molecule has 148 valence electrons. The van der Waals surface area contributed by atoms with Gasteiger partial charge in [0.05, 0.1) is 30.9 Å². The fraction of sp³-hybridized carbons (Fsp3) is 0.273. The van der Waals surface area contributed by atoms with Crippen LogP contribution in [0.1, 0.15) is 25.7 Å². The van der Waals surface area contributed by atoms with Gasteiger partial charge in [0.25, 0.3) is 0 Å². The molecule has 0 N–H and O–H groups in total. The van der Waals surface area contributed by atoms with Gasteiger partial charge in [-0.25, -0.2) is 19.9 Å². The summed E-state index contributed by atoms with van der Waals surface area (Å²) in [6.45, 7) is 4.38. The van der Waals surface area contributed by atoms with Crippen molar-refractivity contribution in [2.45, 2.75) is 19.9 Å². The Morgan fingerprint density at radius 3 is 2.24 bits per heavy atom. The van der Waals surface area contributed by atoms with Gasteiger partial charge in [-0.2, -0.15) is 0 Å². The third-order valence-corrected chi connectivity index (χ3v) is 4.98. The summed E-state index contributed by atoms with van der Waals surface area (Å²) in [4.78, 5) is 18.0. The first kappa shape index (κ1) is 18.9. The van der Waals surface area contributed by atoms with E-state index >= 15 is 0 Å². The van der Waals surface area contributed by atoms with E-state index in [0.717, 1.165) is 28.3 Å². The van der Waals surface area contributed by atoms with Crippen molar-refractivity contribution in [2.24, 2.45) is 13.0 Å². The Morgan fingerprint density at radius 2 is 1.66 bits per heavy atom. The van der Waals surface area contributed by atoms with Crippen LogP contribution in [-0.2, 0) is 7.05 Å². The van der Waals surface area contributed by atoms with E-state index in [1.807, 2.05) is 44.0 Å². The monoisotopic (exact) mass is 388 g/mol. The Kier molecular flexibility index (Phi) is 5.12. The van der Waals surface area contributed by atoms with Gasteiger partial charge in [-0.3, -0.25) is 0 Å². The molecule has 0 aliphatic carbocycles. The summed E-state index contributed by atoms with van der Waals surface area (Å²) >= 11 is 0. The quantitative estimate of drug-likeness (QED) is 0.499. The smallest absolute Gasteiger partial charge is 0.316 e. The normalized spacial score (nSPS) is 12.3. The van der Waals surface area contributed by atoms with Crippen LogP contribution >= 0.6 is 0 Å². The van der Waals surface area contributed by atoms with E-state index in [1.165, 1.54) is 0 Å². The van der Waals surface area contributed by atoms with Gasteiger partial charge in [-0.05, 0) is 5.92 Å². The number of aromatic nitrogens is 6. The van der Waals surface area contributed by atoms with Gasteiger partial charge in [0.2, 0.25) is 0 Å². The van der Waals surface area contributed by atoms with Gasteiger partial charge >= 0.3 is 6.01 Å². The van der Waals surface area contributed by atoms with E-state index in [4.69, 9.17) is 9.72 Å². The lowest BCUT2D eigenvalue weighted by molar-refractivity contribution is 0.379. The van der Waals surface area contributed by atoms with Crippen molar-refractivity contribution < 1.29 is 4.74 Å². The maximum Gasteiger partial charge on any atom is 0.316 e. The number of nitrogens with zero attached hydrogens (tertiary/aromatic N) is 6. The van der Waals surface area contributed by atoms with Gasteiger partial charge in [0.15, 0.2) is 0 Å². The number of rotatable bonds is 6. The van der Waals surface area contributed by atoms with E-state index in [9.17, 15) is 0 Å². The minimum Gasteiger partial charge on any atom is -0.467 e. The number of benzene rings is 1. The number of hydrogen-bond donors (Lipinski definition) is 0. The van der Waals surface area contributed by atoms with E-state index in [1.54, 1.807) is 19.5 Å². The number of methoxy groups -OCH3 is 1. The molecule has 0 unspecified atom stereocenters. The molecule has 0 spiro atoms. The lowest BCUT2D eigenvalue weighted by Crippen LogP contribution is -2.20. The molecule has 0 amide bonds. The number of hydrogen-bond acceptors (Lipinski definition) is 5. The van der Waals surface area contributed by atoms with Crippen molar-refractivity contribution in [2.75, 3.05) is 7.11 Å². The van der Waals surface area contributed by atoms with Crippen molar-refractivity contribution in [3.8, 4) is 28.5 Å². The molecule has 7 nitrogen and oxygen atoms in total. The molecule has 0 aliphatic rings. The fourth-order valence-corrected chi connectivity index (χ4v) is 3.61. The van der Waals surface area contributed by atoms with Gasteiger partial charge in [0, 0.05) is 43.0 Å². The lowest BCUT2D eigenvalue weighted by Gasteiger charge is -2.24. The number of aryl methyl sites for hydroxylation is 1. The third-order valence-electron chi connectivity index (χ3n) is 4.98. The average molecular weight is 388 g/mol. The summed E-state index contributed by atoms with van der Waals surface area (Å²) < 4.78 is 9.37. The van der Waals surface area contributed by atoms with Crippen molar-refractivity contribution >= 4 is 0 Å². The van der Waals surface area contributed by atoms with Crippen LogP contribution in [-0.4, -0.2) is 36.2 Å². The Bertz CT molecular complexity index is 1080. The summed E-state index contributed by atoms with van der Waals surface area (Å²) in [5.74, 6) is 1.28.